The minimum atomic E-state index is 0.573. The van der Waals surface area contributed by atoms with Gasteiger partial charge in [-0.2, -0.15) is 0 Å². The molecule has 1 fully saturated rings. The van der Waals surface area contributed by atoms with Gasteiger partial charge in [0.15, 0.2) is 0 Å². The highest BCUT2D eigenvalue weighted by Gasteiger charge is 2.24. The number of benzene rings is 1. The average molecular weight is 312 g/mol. The molecule has 0 amide bonds. The maximum atomic E-state index is 5.70. The van der Waals surface area contributed by atoms with Gasteiger partial charge in [-0.15, -0.1) is 0 Å². The predicted octanol–water partition coefficient (Wildman–Crippen LogP) is 3.85. The Hall–Kier alpha value is -0.540. The van der Waals surface area contributed by atoms with Crippen LogP contribution in [0, 0.1) is 20.8 Å². The Labute approximate surface area is 118 Å². The SMILES string of the molecule is COc1c(C)c(C)c(Br)c(C)c1C1CCCNC1. The number of hydrogen-bond donors (Lipinski definition) is 1. The quantitative estimate of drug-likeness (QED) is 0.895. The number of hydrogen-bond acceptors (Lipinski definition) is 2. The van der Waals surface area contributed by atoms with E-state index in [0.29, 0.717) is 5.92 Å². The van der Waals surface area contributed by atoms with Crippen LogP contribution < -0.4 is 10.1 Å². The van der Waals surface area contributed by atoms with Crippen LogP contribution in [0.1, 0.15) is 41.0 Å². The van der Waals surface area contributed by atoms with Crippen LogP contribution in [0.3, 0.4) is 0 Å². The van der Waals surface area contributed by atoms with Crippen LogP contribution in [0.2, 0.25) is 0 Å². The smallest absolute Gasteiger partial charge is 0.125 e. The lowest BCUT2D eigenvalue weighted by molar-refractivity contribution is 0.388. The first kappa shape index (κ1) is 13.9. The molecule has 0 spiro atoms. The van der Waals surface area contributed by atoms with Gasteiger partial charge in [0.2, 0.25) is 0 Å². The number of methoxy groups -OCH3 is 1. The molecule has 1 aromatic carbocycles. The molecular formula is C15H22BrNO. The van der Waals surface area contributed by atoms with Gasteiger partial charge in [0.25, 0.3) is 0 Å². The van der Waals surface area contributed by atoms with Crippen LogP contribution in [0.15, 0.2) is 4.47 Å². The summed E-state index contributed by atoms with van der Waals surface area (Å²) in [5.74, 6) is 1.66. The molecule has 1 atom stereocenters. The number of ether oxygens (including phenoxy) is 1. The fraction of sp³-hybridized carbons (Fsp3) is 0.600. The van der Waals surface area contributed by atoms with E-state index in [0.717, 1.165) is 18.8 Å². The lowest BCUT2D eigenvalue weighted by Gasteiger charge is -2.28. The Morgan fingerprint density at radius 1 is 1.17 bits per heavy atom. The van der Waals surface area contributed by atoms with Crippen molar-refractivity contribution in [1.29, 1.82) is 0 Å². The molecule has 0 saturated carbocycles. The van der Waals surface area contributed by atoms with Crippen molar-refractivity contribution in [2.24, 2.45) is 0 Å². The van der Waals surface area contributed by atoms with Crippen LogP contribution in [0.5, 0.6) is 5.75 Å². The van der Waals surface area contributed by atoms with E-state index in [1.165, 1.54) is 39.6 Å². The van der Waals surface area contributed by atoms with Gasteiger partial charge in [-0.25, -0.2) is 0 Å². The molecule has 0 radical (unpaired) electrons. The van der Waals surface area contributed by atoms with E-state index in [2.05, 4.69) is 42.0 Å². The molecule has 3 heteroatoms. The standard InChI is InChI=1S/C15H22BrNO/c1-9-10(2)15(18-4)13(11(3)14(9)16)12-6-5-7-17-8-12/h12,17H,5-8H2,1-4H3. The maximum Gasteiger partial charge on any atom is 0.125 e. The summed E-state index contributed by atoms with van der Waals surface area (Å²) in [5, 5.41) is 3.49. The molecule has 1 heterocycles. The van der Waals surface area contributed by atoms with Crippen LogP contribution in [0.4, 0.5) is 0 Å². The zero-order valence-electron chi connectivity index (χ0n) is 11.7. The van der Waals surface area contributed by atoms with E-state index in [1.807, 2.05) is 0 Å². The summed E-state index contributed by atoms with van der Waals surface area (Å²) in [6.45, 7) is 8.70. The lowest BCUT2D eigenvalue weighted by atomic mass is 9.85. The molecule has 1 aromatic rings. The number of piperidine rings is 1. The molecule has 1 aliphatic heterocycles. The van der Waals surface area contributed by atoms with Crippen molar-refractivity contribution in [1.82, 2.24) is 5.32 Å². The van der Waals surface area contributed by atoms with Crippen LogP contribution in [0.25, 0.3) is 0 Å². The van der Waals surface area contributed by atoms with Crippen molar-refractivity contribution in [2.45, 2.75) is 39.5 Å². The second kappa shape index (κ2) is 5.62. The first-order chi connectivity index (χ1) is 8.57. The molecule has 18 heavy (non-hydrogen) atoms. The van der Waals surface area contributed by atoms with Crippen LogP contribution >= 0.6 is 15.9 Å². The van der Waals surface area contributed by atoms with Crippen LogP contribution in [-0.4, -0.2) is 20.2 Å². The summed E-state index contributed by atoms with van der Waals surface area (Å²) < 4.78 is 6.93. The van der Waals surface area contributed by atoms with Crippen molar-refractivity contribution in [2.75, 3.05) is 20.2 Å². The fourth-order valence-electron chi connectivity index (χ4n) is 2.96. The van der Waals surface area contributed by atoms with Crippen molar-refractivity contribution >= 4 is 15.9 Å². The monoisotopic (exact) mass is 311 g/mol. The highest BCUT2D eigenvalue weighted by Crippen LogP contribution is 2.41. The zero-order chi connectivity index (χ0) is 13.3. The Balaban J connectivity index is 2.56. The van der Waals surface area contributed by atoms with Gasteiger partial charge in [-0.05, 0) is 56.8 Å². The van der Waals surface area contributed by atoms with Crippen molar-refractivity contribution < 1.29 is 4.74 Å². The molecule has 1 saturated heterocycles. The van der Waals surface area contributed by atoms with E-state index >= 15 is 0 Å². The summed E-state index contributed by atoms with van der Waals surface area (Å²) in [6.07, 6.45) is 2.50. The average Bonchev–Trinajstić information content (AvgIpc) is 2.41. The van der Waals surface area contributed by atoms with Gasteiger partial charge < -0.3 is 10.1 Å². The summed E-state index contributed by atoms with van der Waals surface area (Å²) in [4.78, 5) is 0. The fourth-order valence-corrected chi connectivity index (χ4v) is 3.47. The van der Waals surface area contributed by atoms with E-state index in [1.54, 1.807) is 7.11 Å². The molecule has 100 valence electrons. The molecule has 1 unspecified atom stereocenters. The van der Waals surface area contributed by atoms with E-state index in [4.69, 9.17) is 4.74 Å². The number of nitrogens with one attached hydrogen (secondary N) is 1. The van der Waals surface area contributed by atoms with Gasteiger partial charge in [-0.3, -0.25) is 0 Å². The third-order valence-electron chi connectivity index (χ3n) is 4.12. The van der Waals surface area contributed by atoms with Crippen molar-refractivity contribution in [3.8, 4) is 5.75 Å². The van der Waals surface area contributed by atoms with Gasteiger partial charge in [-0.1, -0.05) is 15.9 Å². The third kappa shape index (κ3) is 2.30. The largest absolute Gasteiger partial charge is 0.496 e. The molecule has 0 aliphatic carbocycles. The second-order valence-corrected chi connectivity index (χ2v) is 5.97. The molecule has 2 nitrogen and oxygen atoms in total. The molecule has 0 aromatic heterocycles. The summed E-state index contributed by atoms with van der Waals surface area (Å²) in [7, 11) is 1.79. The minimum absolute atomic E-state index is 0.573. The third-order valence-corrected chi connectivity index (χ3v) is 5.31. The Kier molecular flexibility index (Phi) is 4.33. The molecule has 2 rings (SSSR count). The van der Waals surface area contributed by atoms with E-state index in [9.17, 15) is 0 Å². The summed E-state index contributed by atoms with van der Waals surface area (Å²) >= 11 is 3.73. The second-order valence-electron chi connectivity index (χ2n) is 5.18. The zero-order valence-corrected chi connectivity index (χ0v) is 13.3. The maximum absolute atomic E-state index is 5.70. The first-order valence-corrected chi connectivity index (χ1v) is 7.41. The lowest BCUT2D eigenvalue weighted by Crippen LogP contribution is -2.29. The Morgan fingerprint density at radius 2 is 1.89 bits per heavy atom. The number of rotatable bonds is 2. The predicted molar refractivity (Wildman–Crippen MR) is 79.7 cm³/mol. The number of halogens is 1. The highest BCUT2D eigenvalue weighted by atomic mass is 79.9. The molecule has 1 aliphatic rings. The molecule has 0 bridgehead atoms. The molecule has 1 N–H and O–H groups in total. The highest BCUT2D eigenvalue weighted by molar-refractivity contribution is 9.10. The van der Waals surface area contributed by atoms with E-state index < -0.39 is 0 Å². The Bertz CT molecular complexity index is 451. The summed E-state index contributed by atoms with van der Waals surface area (Å²) in [5.41, 5.74) is 5.27. The topological polar surface area (TPSA) is 21.3 Å². The first-order valence-electron chi connectivity index (χ1n) is 6.61. The van der Waals surface area contributed by atoms with Crippen molar-refractivity contribution in [3.05, 3.63) is 26.7 Å². The van der Waals surface area contributed by atoms with Gasteiger partial charge in [0, 0.05) is 22.5 Å². The Morgan fingerprint density at radius 3 is 2.44 bits per heavy atom. The van der Waals surface area contributed by atoms with Gasteiger partial charge in [0.05, 0.1) is 7.11 Å². The van der Waals surface area contributed by atoms with Gasteiger partial charge >= 0.3 is 0 Å². The van der Waals surface area contributed by atoms with Gasteiger partial charge in [0.1, 0.15) is 5.75 Å². The normalized spacial score (nSPS) is 19.9. The van der Waals surface area contributed by atoms with Crippen LogP contribution in [-0.2, 0) is 0 Å². The van der Waals surface area contributed by atoms with E-state index in [-0.39, 0.29) is 0 Å². The summed E-state index contributed by atoms with van der Waals surface area (Å²) in [6, 6.07) is 0. The van der Waals surface area contributed by atoms with Crippen molar-refractivity contribution in [3.63, 3.8) is 0 Å². The minimum Gasteiger partial charge on any atom is -0.496 e. The molecular weight excluding hydrogens is 290 g/mol.